The standard InChI is InChI=1S/C29H44O3/c1-4-5-6-7-8-9-10-11-12-13-14-15-16-17-18-19-20-25-28(30)26-21-23(2)24(3)22-27(26)32-29(25)31/h11-12,21-22,30H,4-10,13-20H2,1-3H3/b12-11-. The maximum atomic E-state index is 12.3. The third-order valence-electron chi connectivity index (χ3n) is 6.52. The van der Waals surface area contributed by atoms with Gasteiger partial charge in [-0.25, -0.2) is 4.79 Å². The summed E-state index contributed by atoms with van der Waals surface area (Å²) in [6.07, 6.45) is 22.9. The topological polar surface area (TPSA) is 50.4 Å². The summed E-state index contributed by atoms with van der Waals surface area (Å²) in [6.45, 7) is 6.25. The van der Waals surface area contributed by atoms with Gasteiger partial charge in [0.2, 0.25) is 0 Å². The van der Waals surface area contributed by atoms with E-state index in [9.17, 15) is 9.90 Å². The molecule has 0 bridgehead atoms. The molecule has 0 aliphatic rings. The summed E-state index contributed by atoms with van der Waals surface area (Å²) in [4.78, 5) is 12.3. The molecular weight excluding hydrogens is 396 g/mol. The first-order chi connectivity index (χ1) is 15.5. The van der Waals surface area contributed by atoms with Gasteiger partial charge in [-0.05, 0) is 75.6 Å². The zero-order valence-electron chi connectivity index (χ0n) is 20.7. The Bertz CT molecular complexity index is 891. The van der Waals surface area contributed by atoms with Gasteiger partial charge in [-0.3, -0.25) is 0 Å². The zero-order valence-corrected chi connectivity index (χ0v) is 20.7. The highest BCUT2D eigenvalue weighted by Crippen LogP contribution is 2.29. The van der Waals surface area contributed by atoms with Crippen LogP contribution in [0.4, 0.5) is 0 Å². The van der Waals surface area contributed by atoms with Gasteiger partial charge < -0.3 is 9.52 Å². The molecule has 0 aliphatic heterocycles. The third kappa shape index (κ3) is 8.84. The molecule has 0 aliphatic carbocycles. The van der Waals surface area contributed by atoms with Crippen LogP contribution in [0.1, 0.15) is 114 Å². The summed E-state index contributed by atoms with van der Waals surface area (Å²) < 4.78 is 5.47. The van der Waals surface area contributed by atoms with E-state index in [1.807, 2.05) is 26.0 Å². The Labute approximate surface area is 194 Å². The molecule has 1 N–H and O–H groups in total. The molecule has 2 rings (SSSR count). The quantitative estimate of drug-likeness (QED) is 0.161. The van der Waals surface area contributed by atoms with Gasteiger partial charge in [0.25, 0.3) is 0 Å². The van der Waals surface area contributed by atoms with Gasteiger partial charge in [-0.15, -0.1) is 0 Å². The van der Waals surface area contributed by atoms with Crippen LogP contribution in [0.5, 0.6) is 5.75 Å². The van der Waals surface area contributed by atoms with Crippen LogP contribution in [0.15, 0.2) is 33.5 Å². The third-order valence-corrected chi connectivity index (χ3v) is 6.52. The van der Waals surface area contributed by atoms with Gasteiger partial charge in [-0.2, -0.15) is 0 Å². The lowest BCUT2D eigenvalue weighted by molar-refractivity contribution is 0.453. The summed E-state index contributed by atoms with van der Waals surface area (Å²) in [7, 11) is 0. The summed E-state index contributed by atoms with van der Waals surface area (Å²) in [5.41, 5.74) is 2.65. The Hall–Kier alpha value is -2.03. The summed E-state index contributed by atoms with van der Waals surface area (Å²) in [5, 5.41) is 11.3. The molecule has 1 aromatic carbocycles. The number of hydrogen-bond acceptors (Lipinski definition) is 3. The van der Waals surface area contributed by atoms with E-state index in [2.05, 4.69) is 19.1 Å². The number of fused-ring (bicyclic) bond motifs is 1. The summed E-state index contributed by atoms with van der Waals surface area (Å²) in [5.74, 6) is 0.104. The molecule has 0 amide bonds. The van der Waals surface area contributed by atoms with Crippen molar-refractivity contribution in [2.45, 2.75) is 117 Å². The van der Waals surface area contributed by atoms with E-state index in [4.69, 9.17) is 4.42 Å². The minimum absolute atomic E-state index is 0.104. The maximum Gasteiger partial charge on any atom is 0.343 e. The van der Waals surface area contributed by atoms with Crippen molar-refractivity contribution < 1.29 is 9.52 Å². The van der Waals surface area contributed by atoms with Crippen molar-refractivity contribution in [3.05, 3.63) is 51.4 Å². The molecule has 0 saturated carbocycles. The molecule has 3 heteroatoms. The smallest absolute Gasteiger partial charge is 0.343 e. The Morgan fingerprint density at radius 1 is 0.781 bits per heavy atom. The highest BCUT2D eigenvalue weighted by molar-refractivity contribution is 5.85. The van der Waals surface area contributed by atoms with E-state index in [0.717, 1.165) is 24.0 Å². The molecule has 0 spiro atoms. The second-order valence-corrected chi connectivity index (χ2v) is 9.34. The van der Waals surface area contributed by atoms with Gasteiger partial charge in [0.15, 0.2) is 0 Å². The lowest BCUT2D eigenvalue weighted by Gasteiger charge is -2.08. The van der Waals surface area contributed by atoms with Crippen LogP contribution in [-0.2, 0) is 6.42 Å². The van der Waals surface area contributed by atoms with E-state index in [0.29, 0.717) is 23.0 Å². The Balaban J connectivity index is 1.57. The van der Waals surface area contributed by atoms with Crippen molar-refractivity contribution in [1.29, 1.82) is 0 Å². The van der Waals surface area contributed by atoms with Gasteiger partial charge >= 0.3 is 5.63 Å². The zero-order chi connectivity index (χ0) is 23.2. The van der Waals surface area contributed by atoms with Crippen molar-refractivity contribution in [2.75, 3.05) is 0 Å². The second-order valence-electron chi connectivity index (χ2n) is 9.34. The lowest BCUT2D eigenvalue weighted by Crippen LogP contribution is -2.08. The highest BCUT2D eigenvalue weighted by atomic mass is 16.4. The van der Waals surface area contributed by atoms with Gasteiger partial charge in [-0.1, -0.05) is 76.9 Å². The van der Waals surface area contributed by atoms with Gasteiger partial charge in [0, 0.05) is 0 Å². The van der Waals surface area contributed by atoms with Crippen LogP contribution >= 0.6 is 0 Å². The highest BCUT2D eigenvalue weighted by Gasteiger charge is 2.14. The average molecular weight is 441 g/mol. The molecule has 1 aromatic heterocycles. The van der Waals surface area contributed by atoms with Crippen LogP contribution in [-0.4, -0.2) is 5.11 Å². The predicted octanol–water partition coefficient (Wildman–Crippen LogP) is 8.70. The molecule has 32 heavy (non-hydrogen) atoms. The van der Waals surface area contributed by atoms with Crippen molar-refractivity contribution in [1.82, 2.24) is 0 Å². The van der Waals surface area contributed by atoms with E-state index in [1.54, 1.807) is 0 Å². The molecule has 0 unspecified atom stereocenters. The first-order valence-electron chi connectivity index (χ1n) is 13.0. The Kier molecular flexibility index (Phi) is 12.2. The molecule has 3 nitrogen and oxygen atoms in total. The van der Waals surface area contributed by atoms with Gasteiger partial charge in [0.05, 0.1) is 10.9 Å². The van der Waals surface area contributed by atoms with Crippen LogP contribution in [0, 0.1) is 13.8 Å². The minimum atomic E-state index is -0.397. The number of rotatable bonds is 16. The Morgan fingerprint density at radius 3 is 1.94 bits per heavy atom. The molecule has 0 fully saturated rings. The molecule has 2 aromatic rings. The number of allylic oxidation sites excluding steroid dienone is 2. The lowest BCUT2D eigenvalue weighted by atomic mass is 10.0. The average Bonchev–Trinajstić information content (AvgIpc) is 2.77. The summed E-state index contributed by atoms with van der Waals surface area (Å²) >= 11 is 0. The first kappa shape index (κ1) is 26.2. The number of unbranched alkanes of at least 4 members (excludes halogenated alkanes) is 12. The Morgan fingerprint density at radius 2 is 1.31 bits per heavy atom. The largest absolute Gasteiger partial charge is 0.507 e. The normalized spacial score (nSPS) is 11.7. The number of aryl methyl sites for hydroxylation is 2. The summed E-state index contributed by atoms with van der Waals surface area (Å²) in [6, 6.07) is 3.74. The van der Waals surface area contributed by atoms with E-state index in [1.165, 1.54) is 77.0 Å². The fourth-order valence-corrected chi connectivity index (χ4v) is 4.25. The van der Waals surface area contributed by atoms with E-state index >= 15 is 0 Å². The van der Waals surface area contributed by atoms with Crippen molar-refractivity contribution >= 4 is 11.0 Å². The SMILES string of the molecule is CCCCCCCC/C=C\CCCCCCCCc1c(O)c2cc(C)c(C)cc2oc1=O. The fraction of sp³-hybridized carbons (Fsp3) is 0.621. The van der Waals surface area contributed by atoms with Crippen LogP contribution in [0.25, 0.3) is 11.0 Å². The van der Waals surface area contributed by atoms with E-state index in [-0.39, 0.29) is 5.75 Å². The van der Waals surface area contributed by atoms with Crippen LogP contribution < -0.4 is 5.63 Å². The molecule has 178 valence electrons. The van der Waals surface area contributed by atoms with Crippen molar-refractivity contribution in [2.24, 2.45) is 0 Å². The molecule has 0 saturated heterocycles. The van der Waals surface area contributed by atoms with Crippen molar-refractivity contribution in [3.63, 3.8) is 0 Å². The van der Waals surface area contributed by atoms with Crippen LogP contribution in [0.2, 0.25) is 0 Å². The van der Waals surface area contributed by atoms with Gasteiger partial charge in [0.1, 0.15) is 11.3 Å². The van der Waals surface area contributed by atoms with E-state index < -0.39 is 5.63 Å². The van der Waals surface area contributed by atoms with Crippen LogP contribution in [0.3, 0.4) is 0 Å². The first-order valence-corrected chi connectivity index (χ1v) is 13.0. The maximum absolute atomic E-state index is 12.3. The second kappa shape index (κ2) is 14.9. The monoisotopic (exact) mass is 440 g/mol. The minimum Gasteiger partial charge on any atom is -0.507 e. The van der Waals surface area contributed by atoms with Crippen molar-refractivity contribution in [3.8, 4) is 5.75 Å². The molecule has 0 atom stereocenters. The fourth-order valence-electron chi connectivity index (χ4n) is 4.25. The number of benzene rings is 1. The molecule has 0 radical (unpaired) electrons. The molecular formula is C29H44O3. The number of aromatic hydroxyl groups is 1. The molecule has 1 heterocycles. The predicted molar refractivity (Wildman–Crippen MR) is 137 cm³/mol. The number of hydrogen-bond donors (Lipinski definition) is 1.